The molecule has 2 heteroatoms. The molecule has 0 bridgehead atoms. The molecule has 30 heavy (non-hydrogen) atoms. The Bertz CT molecular complexity index is 1930. The third kappa shape index (κ3) is 1.75. The summed E-state index contributed by atoms with van der Waals surface area (Å²) in [6, 6.07) is 27.8. The Balaban J connectivity index is 1.90. The van der Waals surface area contributed by atoms with Gasteiger partial charge in [-0.25, -0.2) is 0 Å². The molecule has 0 atom stereocenters. The van der Waals surface area contributed by atoms with Gasteiger partial charge in [-0.3, -0.25) is 9.59 Å². The van der Waals surface area contributed by atoms with Crippen LogP contribution in [0.5, 0.6) is 0 Å². The molecular weight excluding hydrogens is 368 g/mol. The van der Waals surface area contributed by atoms with Crippen LogP contribution in [-0.4, -0.2) is 0 Å². The highest BCUT2D eigenvalue weighted by molar-refractivity contribution is 6.35. The van der Waals surface area contributed by atoms with Crippen molar-refractivity contribution in [3.63, 3.8) is 0 Å². The number of rotatable bonds is 0. The molecule has 7 aromatic rings. The van der Waals surface area contributed by atoms with Crippen molar-refractivity contribution in [2.24, 2.45) is 0 Å². The Morgan fingerprint density at radius 2 is 0.767 bits per heavy atom. The van der Waals surface area contributed by atoms with Gasteiger partial charge in [0.1, 0.15) is 0 Å². The molecule has 0 aliphatic carbocycles. The molecule has 0 radical (unpaired) electrons. The molecule has 0 amide bonds. The first-order valence-electron chi connectivity index (χ1n) is 10.0. The predicted octanol–water partition coefficient (Wildman–Crippen LogP) is 6.20. The molecule has 7 aromatic carbocycles. The number of benzene rings is 5. The quantitative estimate of drug-likeness (QED) is 0.293. The maximum absolute atomic E-state index is 13.4. The third-order valence-corrected chi connectivity index (χ3v) is 6.54. The van der Waals surface area contributed by atoms with Gasteiger partial charge in [0, 0.05) is 26.9 Å². The van der Waals surface area contributed by atoms with Gasteiger partial charge >= 0.3 is 0 Å². The zero-order valence-electron chi connectivity index (χ0n) is 15.9. The highest BCUT2D eigenvalue weighted by Crippen LogP contribution is 2.40. The molecule has 0 saturated heterocycles. The van der Waals surface area contributed by atoms with Crippen LogP contribution in [0.3, 0.4) is 0 Å². The van der Waals surface area contributed by atoms with Gasteiger partial charge < -0.3 is 0 Å². The lowest BCUT2D eigenvalue weighted by molar-refractivity contribution is 1.80. The van der Waals surface area contributed by atoms with Crippen LogP contribution < -0.4 is 10.9 Å². The standard InChI is InChI=1S/C28H14O2/c29-27-19-11-5-2-8-16(19)22-13-21-15-7-1-3-9-17(15)26-25(23(21)14-24(22)27)18-10-4-6-12-20(18)28(26)30/h1-14H. The number of hydrogen-bond donors (Lipinski definition) is 0. The van der Waals surface area contributed by atoms with Gasteiger partial charge in [-0.1, -0.05) is 72.8 Å². The van der Waals surface area contributed by atoms with Crippen molar-refractivity contribution in [2.75, 3.05) is 0 Å². The predicted molar refractivity (Wildman–Crippen MR) is 126 cm³/mol. The highest BCUT2D eigenvalue weighted by Gasteiger charge is 2.19. The lowest BCUT2D eigenvalue weighted by Gasteiger charge is -2.08. The second kappa shape index (κ2) is 5.31. The minimum Gasteiger partial charge on any atom is -0.289 e. The van der Waals surface area contributed by atoms with E-state index < -0.39 is 0 Å². The summed E-state index contributed by atoms with van der Waals surface area (Å²) in [4.78, 5) is 26.5. The maximum Gasteiger partial charge on any atom is 0.194 e. The van der Waals surface area contributed by atoms with Gasteiger partial charge in [-0.05, 0) is 49.8 Å². The van der Waals surface area contributed by atoms with Gasteiger partial charge in [-0.2, -0.15) is 0 Å². The lowest BCUT2D eigenvalue weighted by Crippen LogP contribution is -1.96. The fourth-order valence-electron chi connectivity index (χ4n) is 5.26. The lowest BCUT2D eigenvalue weighted by atomic mass is 9.94. The topological polar surface area (TPSA) is 34.1 Å². The Kier molecular flexibility index (Phi) is 2.80. The van der Waals surface area contributed by atoms with Gasteiger partial charge in [-0.15, -0.1) is 0 Å². The summed E-state index contributed by atoms with van der Waals surface area (Å²) < 4.78 is 0. The van der Waals surface area contributed by atoms with Gasteiger partial charge in [0.25, 0.3) is 0 Å². The summed E-state index contributed by atoms with van der Waals surface area (Å²) in [6.07, 6.45) is 0. The van der Waals surface area contributed by atoms with Crippen molar-refractivity contribution < 1.29 is 0 Å². The molecular formula is C28H14O2. The largest absolute Gasteiger partial charge is 0.289 e. The Labute approximate surface area is 170 Å². The highest BCUT2D eigenvalue weighted by atomic mass is 16.1. The van der Waals surface area contributed by atoms with Crippen molar-refractivity contribution >= 4 is 64.6 Å². The second-order valence-electron chi connectivity index (χ2n) is 7.99. The van der Waals surface area contributed by atoms with Gasteiger partial charge in [0.15, 0.2) is 10.9 Å². The van der Waals surface area contributed by atoms with Crippen molar-refractivity contribution in [1.29, 1.82) is 0 Å². The number of fused-ring (bicyclic) bond motifs is 11. The van der Waals surface area contributed by atoms with Gasteiger partial charge in [0.2, 0.25) is 0 Å². The van der Waals surface area contributed by atoms with Crippen LogP contribution in [-0.2, 0) is 0 Å². The van der Waals surface area contributed by atoms with E-state index in [1.165, 1.54) is 0 Å². The molecule has 0 saturated carbocycles. The van der Waals surface area contributed by atoms with E-state index in [2.05, 4.69) is 12.1 Å². The molecule has 2 nitrogen and oxygen atoms in total. The summed E-state index contributed by atoms with van der Waals surface area (Å²) in [6.45, 7) is 0. The Morgan fingerprint density at radius 1 is 0.333 bits per heavy atom. The summed E-state index contributed by atoms with van der Waals surface area (Å²) in [5.74, 6) is 0. The summed E-state index contributed by atoms with van der Waals surface area (Å²) >= 11 is 0. The van der Waals surface area contributed by atoms with E-state index in [0.717, 1.165) is 64.6 Å². The van der Waals surface area contributed by atoms with Crippen molar-refractivity contribution in [3.05, 3.63) is 105 Å². The van der Waals surface area contributed by atoms with Crippen LogP contribution >= 0.6 is 0 Å². The Morgan fingerprint density at radius 3 is 1.43 bits per heavy atom. The summed E-state index contributed by atoms with van der Waals surface area (Å²) in [5, 5.41) is 10.9. The van der Waals surface area contributed by atoms with Crippen LogP contribution in [0.25, 0.3) is 64.6 Å². The van der Waals surface area contributed by atoms with Crippen molar-refractivity contribution in [3.8, 4) is 0 Å². The SMILES string of the molecule is O=c1c2ccccc2c2cc3c4ccccc4c4c(=O)c5ccccc5c4c3cc12. The second-order valence-corrected chi connectivity index (χ2v) is 7.99. The molecule has 138 valence electrons. The van der Waals surface area contributed by atoms with Crippen molar-refractivity contribution in [2.45, 2.75) is 0 Å². The molecule has 0 aliphatic heterocycles. The first kappa shape index (κ1) is 15.8. The molecule has 0 unspecified atom stereocenters. The van der Waals surface area contributed by atoms with E-state index >= 15 is 0 Å². The van der Waals surface area contributed by atoms with Crippen LogP contribution in [0.1, 0.15) is 0 Å². The Hall–Kier alpha value is -4.04. The molecule has 0 aromatic heterocycles. The first-order chi connectivity index (χ1) is 14.7. The normalized spacial score (nSPS) is 12.3. The van der Waals surface area contributed by atoms with E-state index in [1.807, 2.05) is 72.8 Å². The van der Waals surface area contributed by atoms with E-state index in [9.17, 15) is 9.59 Å². The molecule has 0 aliphatic rings. The van der Waals surface area contributed by atoms with Crippen LogP contribution in [0.15, 0.2) is 94.5 Å². The van der Waals surface area contributed by atoms with Gasteiger partial charge in [0.05, 0.1) is 0 Å². The van der Waals surface area contributed by atoms with Crippen LogP contribution in [0, 0.1) is 0 Å². The van der Waals surface area contributed by atoms with Crippen LogP contribution in [0.4, 0.5) is 0 Å². The van der Waals surface area contributed by atoms with E-state index in [4.69, 9.17) is 0 Å². The molecule has 0 spiro atoms. The van der Waals surface area contributed by atoms with E-state index in [-0.39, 0.29) is 10.9 Å². The maximum atomic E-state index is 13.4. The average molecular weight is 382 g/mol. The monoisotopic (exact) mass is 382 g/mol. The smallest absolute Gasteiger partial charge is 0.194 e. The molecule has 0 fully saturated rings. The fourth-order valence-corrected chi connectivity index (χ4v) is 5.26. The van der Waals surface area contributed by atoms with Crippen LogP contribution in [0.2, 0.25) is 0 Å². The molecule has 0 heterocycles. The molecule has 0 N–H and O–H groups in total. The summed E-state index contributed by atoms with van der Waals surface area (Å²) in [5.41, 5.74) is 0.121. The fraction of sp³-hybridized carbons (Fsp3) is 0. The third-order valence-electron chi connectivity index (χ3n) is 6.54. The molecule has 7 rings (SSSR count). The minimum absolute atomic E-state index is 0.0574. The van der Waals surface area contributed by atoms with Crippen molar-refractivity contribution in [1.82, 2.24) is 0 Å². The number of hydrogen-bond acceptors (Lipinski definition) is 2. The zero-order valence-corrected chi connectivity index (χ0v) is 15.9. The zero-order chi connectivity index (χ0) is 20.0. The average Bonchev–Trinajstić information content (AvgIpc) is 3.25. The minimum atomic E-state index is 0.0574. The van der Waals surface area contributed by atoms with E-state index in [1.54, 1.807) is 0 Å². The summed E-state index contributed by atoms with van der Waals surface area (Å²) in [7, 11) is 0. The van der Waals surface area contributed by atoms with E-state index in [0.29, 0.717) is 0 Å². The first-order valence-corrected chi connectivity index (χ1v) is 10.0.